The zero-order chi connectivity index (χ0) is 15.5. The number of hydrogen-bond acceptors (Lipinski definition) is 3. The molecule has 21 heavy (non-hydrogen) atoms. The zero-order valence-electron chi connectivity index (χ0n) is 11.8. The lowest BCUT2D eigenvalue weighted by Gasteiger charge is -2.10. The molecule has 6 heteroatoms. The number of anilines is 1. The Morgan fingerprint density at radius 1 is 1.14 bits per heavy atom. The van der Waals surface area contributed by atoms with Crippen molar-refractivity contribution in [1.29, 1.82) is 0 Å². The van der Waals surface area contributed by atoms with Crippen molar-refractivity contribution >= 4 is 27.3 Å². The molecule has 0 amide bonds. The lowest BCUT2D eigenvalue weighted by Crippen LogP contribution is -2.15. The van der Waals surface area contributed by atoms with Crippen LogP contribution in [-0.2, 0) is 15.8 Å². The molecule has 112 valence electrons. The Morgan fingerprint density at radius 3 is 2.38 bits per heavy atom. The summed E-state index contributed by atoms with van der Waals surface area (Å²) in [5.41, 5.74) is 2.06. The average molecular weight is 326 g/mol. The van der Waals surface area contributed by atoms with Crippen molar-refractivity contribution in [2.24, 2.45) is 0 Å². The Morgan fingerprint density at radius 2 is 1.81 bits per heavy atom. The highest BCUT2D eigenvalue weighted by Gasteiger charge is 2.12. The Balaban J connectivity index is 2.13. The van der Waals surface area contributed by atoms with Crippen LogP contribution in [0.25, 0.3) is 0 Å². The summed E-state index contributed by atoms with van der Waals surface area (Å²) in [7, 11) is -1.89. The summed E-state index contributed by atoms with van der Waals surface area (Å²) in [6.07, 6.45) is 0. The predicted octanol–water partition coefficient (Wildman–Crippen LogP) is 3.60. The standard InChI is InChI=1S/C15H16ClNO3S/c1-11-9-14(7-8-15(11)20-2)17-21(18,19)10-12-3-5-13(16)6-4-12/h3-9,17H,10H2,1-2H3. The smallest absolute Gasteiger partial charge is 0.236 e. The quantitative estimate of drug-likeness (QED) is 0.913. The fraction of sp³-hybridized carbons (Fsp3) is 0.200. The van der Waals surface area contributed by atoms with Gasteiger partial charge in [-0.3, -0.25) is 4.72 Å². The monoisotopic (exact) mass is 325 g/mol. The van der Waals surface area contributed by atoms with Crippen molar-refractivity contribution in [2.45, 2.75) is 12.7 Å². The molecule has 0 heterocycles. The van der Waals surface area contributed by atoms with Crippen LogP contribution in [0.3, 0.4) is 0 Å². The second kappa shape index (κ2) is 6.37. The summed E-state index contributed by atoms with van der Waals surface area (Å²) < 4.78 is 32.0. The number of rotatable bonds is 5. The summed E-state index contributed by atoms with van der Waals surface area (Å²) in [4.78, 5) is 0. The molecule has 0 radical (unpaired) electrons. The molecular weight excluding hydrogens is 310 g/mol. The molecule has 0 aliphatic rings. The van der Waals surface area contributed by atoms with Gasteiger partial charge < -0.3 is 4.74 Å². The first-order valence-electron chi connectivity index (χ1n) is 6.29. The van der Waals surface area contributed by atoms with Crippen molar-refractivity contribution in [3.63, 3.8) is 0 Å². The minimum Gasteiger partial charge on any atom is -0.496 e. The Kier molecular flexibility index (Phi) is 4.75. The SMILES string of the molecule is COc1ccc(NS(=O)(=O)Cc2ccc(Cl)cc2)cc1C. The van der Waals surface area contributed by atoms with E-state index in [0.717, 1.165) is 11.3 Å². The second-order valence-corrected chi connectivity index (χ2v) is 6.83. The van der Waals surface area contributed by atoms with Crippen LogP contribution in [-0.4, -0.2) is 15.5 Å². The van der Waals surface area contributed by atoms with Gasteiger partial charge in [0, 0.05) is 10.7 Å². The third kappa shape index (κ3) is 4.37. The number of hydrogen-bond donors (Lipinski definition) is 1. The van der Waals surface area contributed by atoms with E-state index in [0.29, 0.717) is 16.3 Å². The average Bonchev–Trinajstić information content (AvgIpc) is 2.41. The number of ether oxygens (including phenoxy) is 1. The molecule has 0 unspecified atom stereocenters. The first-order valence-corrected chi connectivity index (χ1v) is 8.32. The zero-order valence-corrected chi connectivity index (χ0v) is 13.3. The maximum Gasteiger partial charge on any atom is 0.236 e. The van der Waals surface area contributed by atoms with Crippen LogP contribution in [0.15, 0.2) is 42.5 Å². The van der Waals surface area contributed by atoms with E-state index in [9.17, 15) is 8.42 Å². The van der Waals surface area contributed by atoms with Crippen molar-refractivity contribution in [3.8, 4) is 5.75 Å². The van der Waals surface area contributed by atoms with E-state index >= 15 is 0 Å². The minimum absolute atomic E-state index is 0.102. The number of aryl methyl sites for hydroxylation is 1. The molecular formula is C15H16ClNO3S. The van der Waals surface area contributed by atoms with E-state index in [1.165, 1.54) is 0 Å². The minimum atomic E-state index is -3.47. The predicted molar refractivity (Wildman–Crippen MR) is 85.4 cm³/mol. The maximum absolute atomic E-state index is 12.1. The van der Waals surface area contributed by atoms with E-state index < -0.39 is 10.0 Å². The van der Waals surface area contributed by atoms with Crippen molar-refractivity contribution in [2.75, 3.05) is 11.8 Å². The van der Waals surface area contributed by atoms with Gasteiger partial charge in [0.1, 0.15) is 5.75 Å². The van der Waals surface area contributed by atoms with E-state index in [1.54, 1.807) is 49.6 Å². The Bertz CT molecular complexity index is 727. The molecule has 2 aromatic rings. The van der Waals surface area contributed by atoms with Gasteiger partial charge in [-0.15, -0.1) is 0 Å². The van der Waals surface area contributed by atoms with Crippen LogP contribution < -0.4 is 9.46 Å². The number of benzene rings is 2. The van der Waals surface area contributed by atoms with Gasteiger partial charge in [0.25, 0.3) is 0 Å². The fourth-order valence-electron chi connectivity index (χ4n) is 1.96. The van der Waals surface area contributed by atoms with E-state index in [-0.39, 0.29) is 5.75 Å². The first kappa shape index (κ1) is 15.7. The van der Waals surface area contributed by atoms with Gasteiger partial charge in [0.05, 0.1) is 12.9 Å². The molecule has 0 spiro atoms. The van der Waals surface area contributed by atoms with Gasteiger partial charge in [0.15, 0.2) is 0 Å². The largest absolute Gasteiger partial charge is 0.496 e. The van der Waals surface area contributed by atoms with Crippen LogP contribution in [0.1, 0.15) is 11.1 Å². The highest BCUT2D eigenvalue weighted by Crippen LogP contribution is 2.22. The number of methoxy groups -OCH3 is 1. The van der Waals surface area contributed by atoms with Crippen molar-refractivity contribution < 1.29 is 13.2 Å². The van der Waals surface area contributed by atoms with Crippen LogP contribution in [0.4, 0.5) is 5.69 Å². The van der Waals surface area contributed by atoms with Crippen LogP contribution in [0.5, 0.6) is 5.75 Å². The van der Waals surface area contributed by atoms with E-state index in [2.05, 4.69) is 4.72 Å². The molecule has 1 N–H and O–H groups in total. The molecule has 0 saturated heterocycles. The van der Waals surface area contributed by atoms with Gasteiger partial charge in [-0.1, -0.05) is 23.7 Å². The molecule has 0 aromatic heterocycles. The fourth-order valence-corrected chi connectivity index (χ4v) is 3.27. The lowest BCUT2D eigenvalue weighted by atomic mass is 10.2. The van der Waals surface area contributed by atoms with Gasteiger partial charge in [-0.25, -0.2) is 8.42 Å². The Hall–Kier alpha value is -1.72. The third-order valence-corrected chi connectivity index (χ3v) is 4.45. The first-order chi connectivity index (χ1) is 9.89. The van der Waals surface area contributed by atoms with Crippen molar-refractivity contribution in [1.82, 2.24) is 0 Å². The molecule has 0 aliphatic heterocycles. The highest BCUT2D eigenvalue weighted by atomic mass is 35.5. The van der Waals surface area contributed by atoms with Crippen molar-refractivity contribution in [3.05, 3.63) is 58.6 Å². The summed E-state index contributed by atoms with van der Waals surface area (Å²) in [6.45, 7) is 1.86. The molecule has 4 nitrogen and oxygen atoms in total. The molecule has 2 rings (SSSR count). The number of halogens is 1. The van der Waals surface area contributed by atoms with Gasteiger partial charge in [-0.2, -0.15) is 0 Å². The summed E-state index contributed by atoms with van der Waals surface area (Å²) in [5, 5.41) is 0.579. The molecule has 2 aromatic carbocycles. The molecule has 0 fully saturated rings. The number of nitrogens with one attached hydrogen (secondary N) is 1. The van der Waals surface area contributed by atoms with E-state index in [1.807, 2.05) is 6.92 Å². The maximum atomic E-state index is 12.1. The lowest BCUT2D eigenvalue weighted by molar-refractivity contribution is 0.412. The molecule has 0 atom stereocenters. The van der Waals surface area contributed by atoms with Crippen LogP contribution in [0, 0.1) is 6.92 Å². The van der Waals surface area contributed by atoms with Gasteiger partial charge in [-0.05, 0) is 48.4 Å². The summed E-state index contributed by atoms with van der Waals surface area (Å²) >= 11 is 5.78. The molecule has 0 saturated carbocycles. The van der Waals surface area contributed by atoms with E-state index in [4.69, 9.17) is 16.3 Å². The normalized spacial score (nSPS) is 11.2. The summed E-state index contributed by atoms with van der Waals surface area (Å²) in [6, 6.07) is 11.9. The number of sulfonamides is 1. The Labute approximate surface area is 129 Å². The highest BCUT2D eigenvalue weighted by molar-refractivity contribution is 7.91. The van der Waals surface area contributed by atoms with Gasteiger partial charge in [0.2, 0.25) is 10.0 Å². The van der Waals surface area contributed by atoms with Crippen LogP contribution in [0.2, 0.25) is 5.02 Å². The van der Waals surface area contributed by atoms with Gasteiger partial charge >= 0.3 is 0 Å². The third-order valence-electron chi connectivity index (χ3n) is 2.94. The van der Waals surface area contributed by atoms with Crippen LogP contribution >= 0.6 is 11.6 Å². The molecule has 0 bridgehead atoms. The topological polar surface area (TPSA) is 55.4 Å². The summed E-state index contributed by atoms with van der Waals surface area (Å²) in [5.74, 6) is 0.616. The molecule has 0 aliphatic carbocycles. The second-order valence-electron chi connectivity index (χ2n) is 4.67.